The lowest BCUT2D eigenvalue weighted by molar-refractivity contribution is -0.116. The number of amides is 1. The van der Waals surface area contributed by atoms with Crippen molar-refractivity contribution in [3.05, 3.63) is 42.5 Å². The first-order valence-corrected chi connectivity index (χ1v) is 6.30. The van der Waals surface area contributed by atoms with Gasteiger partial charge < -0.3 is 10.1 Å². The normalized spacial score (nSPS) is 10.3. The Morgan fingerprint density at radius 2 is 2.15 bits per heavy atom. The summed E-state index contributed by atoms with van der Waals surface area (Å²) in [6.07, 6.45) is 4.26. The third kappa shape index (κ3) is 4.38. The molecule has 1 aromatic heterocycles. The number of anilines is 1. The average molecular weight is 277 g/mol. The second-order valence-electron chi connectivity index (χ2n) is 4.36. The molecule has 0 unspecified atom stereocenters. The monoisotopic (exact) mass is 277 g/mol. The number of nitrogens with zero attached hydrogens (tertiary/aromatic N) is 2. The van der Waals surface area contributed by atoms with E-state index < -0.39 is 0 Å². The fraction of sp³-hybridized carbons (Fsp3) is 0.286. The minimum absolute atomic E-state index is 0.0827. The van der Waals surface area contributed by atoms with Crippen LogP contribution in [0.25, 0.3) is 0 Å². The molecule has 0 atom stereocenters. The number of aromatic nitrogens is 2. The van der Waals surface area contributed by atoms with E-state index in [2.05, 4.69) is 10.4 Å². The third-order valence-electron chi connectivity index (χ3n) is 2.62. The van der Waals surface area contributed by atoms with E-state index in [1.165, 1.54) is 12.1 Å². The number of nitrogens with one attached hydrogen (secondary N) is 1. The van der Waals surface area contributed by atoms with E-state index in [1.54, 1.807) is 36.3 Å². The van der Waals surface area contributed by atoms with E-state index in [1.807, 2.05) is 0 Å². The molecule has 0 saturated carbocycles. The van der Waals surface area contributed by atoms with Crippen molar-refractivity contribution in [1.29, 1.82) is 0 Å². The highest BCUT2D eigenvalue weighted by atomic mass is 19.1. The topological polar surface area (TPSA) is 56.2 Å². The van der Waals surface area contributed by atoms with Crippen molar-refractivity contribution in [2.45, 2.75) is 12.8 Å². The van der Waals surface area contributed by atoms with Gasteiger partial charge in [-0.2, -0.15) is 5.10 Å². The Morgan fingerprint density at radius 1 is 1.40 bits per heavy atom. The number of hydrogen-bond donors (Lipinski definition) is 1. The minimum atomic E-state index is -0.298. The van der Waals surface area contributed by atoms with Crippen LogP contribution in [0, 0.1) is 5.82 Å². The van der Waals surface area contributed by atoms with Crippen molar-refractivity contribution >= 4 is 11.6 Å². The number of carbonyl (C=O) groups excluding carboxylic acids is 1. The van der Waals surface area contributed by atoms with Crippen LogP contribution < -0.4 is 10.1 Å². The molecule has 1 amide bonds. The largest absolute Gasteiger partial charge is 0.494 e. The van der Waals surface area contributed by atoms with Crippen LogP contribution >= 0.6 is 0 Å². The summed E-state index contributed by atoms with van der Waals surface area (Å²) in [6.45, 7) is 0.409. The lowest BCUT2D eigenvalue weighted by Crippen LogP contribution is -2.12. The molecule has 0 aliphatic heterocycles. The molecule has 6 heteroatoms. The summed E-state index contributed by atoms with van der Waals surface area (Å²) in [7, 11) is 1.78. The molecule has 2 rings (SSSR count). The van der Waals surface area contributed by atoms with E-state index in [-0.39, 0.29) is 11.7 Å². The van der Waals surface area contributed by atoms with E-state index in [9.17, 15) is 9.18 Å². The standard InChI is InChI=1S/C14H16FN3O2/c1-18-10-12(9-16-18)17-14(19)3-2-8-20-13-6-4-11(15)5-7-13/h4-7,9-10H,2-3,8H2,1H3,(H,17,19). The fourth-order valence-corrected chi connectivity index (χ4v) is 1.66. The lowest BCUT2D eigenvalue weighted by atomic mass is 10.3. The molecule has 0 radical (unpaired) electrons. The van der Waals surface area contributed by atoms with Gasteiger partial charge in [-0.05, 0) is 30.7 Å². The molecule has 0 spiro atoms. The number of carbonyl (C=O) groups is 1. The summed E-state index contributed by atoms with van der Waals surface area (Å²) in [6, 6.07) is 5.80. The van der Waals surface area contributed by atoms with Gasteiger partial charge in [-0.25, -0.2) is 4.39 Å². The summed E-state index contributed by atoms with van der Waals surface area (Å²) < 4.78 is 19.7. The van der Waals surface area contributed by atoms with E-state index >= 15 is 0 Å². The van der Waals surface area contributed by atoms with Crippen molar-refractivity contribution in [2.75, 3.05) is 11.9 Å². The van der Waals surface area contributed by atoms with Crippen molar-refractivity contribution in [2.24, 2.45) is 7.05 Å². The Morgan fingerprint density at radius 3 is 2.80 bits per heavy atom. The first-order chi connectivity index (χ1) is 9.63. The third-order valence-corrected chi connectivity index (χ3v) is 2.62. The van der Waals surface area contributed by atoms with Gasteiger partial charge >= 0.3 is 0 Å². The van der Waals surface area contributed by atoms with Crippen LogP contribution in [0.5, 0.6) is 5.75 Å². The Hall–Kier alpha value is -2.37. The molecular weight excluding hydrogens is 261 g/mol. The predicted molar refractivity (Wildman–Crippen MR) is 73.0 cm³/mol. The average Bonchev–Trinajstić information content (AvgIpc) is 2.82. The van der Waals surface area contributed by atoms with Gasteiger partial charge in [0.05, 0.1) is 18.5 Å². The van der Waals surface area contributed by atoms with E-state index in [0.717, 1.165) is 0 Å². The molecule has 0 aliphatic rings. The highest BCUT2D eigenvalue weighted by molar-refractivity contribution is 5.90. The molecule has 1 aromatic carbocycles. The van der Waals surface area contributed by atoms with Gasteiger partial charge in [0.15, 0.2) is 0 Å². The number of ether oxygens (including phenoxy) is 1. The smallest absolute Gasteiger partial charge is 0.224 e. The van der Waals surface area contributed by atoms with E-state index in [0.29, 0.717) is 30.9 Å². The SMILES string of the molecule is Cn1cc(NC(=O)CCCOc2ccc(F)cc2)cn1. The number of aryl methyl sites for hydroxylation is 1. The zero-order valence-electron chi connectivity index (χ0n) is 11.2. The first-order valence-electron chi connectivity index (χ1n) is 6.30. The van der Waals surface area contributed by atoms with Crippen LogP contribution in [0.3, 0.4) is 0 Å². The highest BCUT2D eigenvalue weighted by Gasteiger charge is 2.04. The number of rotatable bonds is 6. The Labute approximate surface area is 116 Å². The van der Waals surface area contributed by atoms with Crippen molar-refractivity contribution in [3.8, 4) is 5.75 Å². The maximum Gasteiger partial charge on any atom is 0.224 e. The quantitative estimate of drug-likeness (QED) is 0.825. The Balaban J connectivity index is 1.65. The maximum atomic E-state index is 12.7. The molecular formula is C14H16FN3O2. The van der Waals surface area contributed by atoms with Crippen LogP contribution in [-0.4, -0.2) is 22.3 Å². The van der Waals surface area contributed by atoms with Gasteiger partial charge in [-0.1, -0.05) is 0 Å². The lowest BCUT2D eigenvalue weighted by Gasteiger charge is -2.06. The Bertz CT molecular complexity index is 566. The summed E-state index contributed by atoms with van der Waals surface area (Å²) in [5.74, 6) is 0.216. The van der Waals surface area contributed by atoms with Crippen LogP contribution in [0.15, 0.2) is 36.7 Å². The summed E-state index contributed by atoms with van der Waals surface area (Å²) in [5.41, 5.74) is 0.678. The van der Waals surface area contributed by atoms with Crippen LogP contribution in [0.4, 0.5) is 10.1 Å². The summed E-state index contributed by atoms with van der Waals surface area (Å²) >= 11 is 0. The fourth-order valence-electron chi connectivity index (χ4n) is 1.66. The Kier molecular flexibility index (Phi) is 4.70. The molecule has 20 heavy (non-hydrogen) atoms. The number of benzene rings is 1. The van der Waals surface area contributed by atoms with Gasteiger partial charge in [0.2, 0.25) is 5.91 Å². The molecule has 106 valence electrons. The molecule has 1 N–H and O–H groups in total. The molecule has 5 nitrogen and oxygen atoms in total. The van der Waals surface area contributed by atoms with Crippen molar-refractivity contribution in [1.82, 2.24) is 9.78 Å². The van der Waals surface area contributed by atoms with Crippen LogP contribution in [0.2, 0.25) is 0 Å². The molecule has 0 bridgehead atoms. The molecule has 0 aliphatic carbocycles. The van der Waals surface area contributed by atoms with E-state index in [4.69, 9.17) is 4.74 Å². The summed E-state index contributed by atoms with van der Waals surface area (Å²) in [4.78, 5) is 11.6. The maximum absolute atomic E-state index is 12.7. The number of halogens is 1. The predicted octanol–water partition coefficient (Wildman–Crippen LogP) is 2.36. The molecule has 1 heterocycles. The van der Waals surface area contributed by atoms with Gasteiger partial charge in [0, 0.05) is 19.7 Å². The van der Waals surface area contributed by atoms with Crippen LogP contribution in [0.1, 0.15) is 12.8 Å². The molecule has 0 saturated heterocycles. The van der Waals surface area contributed by atoms with Crippen molar-refractivity contribution < 1.29 is 13.9 Å². The van der Waals surface area contributed by atoms with Crippen molar-refractivity contribution in [3.63, 3.8) is 0 Å². The molecule has 0 fully saturated rings. The number of hydrogen-bond acceptors (Lipinski definition) is 3. The molecule has 2 aromatic rings. The van der Waals surface area contributed by atoms with Gasteiger partial charge in [-0.3, -0.25) is 9.48 Å². The zero-order chi connectivity index (χ0) is 14.4. The van der Waals surface area contributed by atoms with Gasteiger partial charge in [0.1, 0.15) is 11.6 Å². The first kappa shape index (κ1) is 14.0. The van der Waals surface area contributed by atoms with Gasteiger partial charge in [0.25, 0.3) is 0 Å². The zero-order valence-corrected chi connectivity index (χ0v) is 11.2. The van der Waals surface area contributed by atoms with Gasteiger partial charge in [-0.15, -0.1) is 0 Å². The second kappa shape index (κ2) is 6.70. The highest BCUT2D eigenvalue weighted by Crippen LogP contribution is 2.11. The van der Waals surface area contributed by atoms with Crippen LogP contribution in [-0.2, 0) is 11.8 Å². The summed E-state index contributed by atoms with van der Waals surface area (Å²) in [5, 5.41) is 6.70. The second-order valence-corrected chi connectivity index (χ2v) is 4.36. The minimum Gasteiger partial charge on any atom is -0.494 e.